The van der Waals surface area contributed by atoms with E-state index in [4.69, 9.17) is 4.74 Å². The Kier molecular flexibility index (Phi) is 7.81. The molecular weight excluding hydrogens is 258 g/mol. The Morgan fingerprint density at radius 2 is 1.57 bits per heavy atom. The van der Waals surface area contributed by atoms with Crippen LogP contribution in [0.3, 0.4) is 0 Å². The zero-order valence-corrected chi connectivity index (χ0v) is 14.7. The zero-order chi connectivity index (χ0) is 15.8. The molecule has 0 heterocycles. The molecule has 0 aliphatic rings. The van der Waals surface area contributed by atoms with E-state index in [2.05, 4.69) is 65.1 Å². The molecule has 1 aromatic rings. The van der Waals surface area contributed by atoms with E-state index in [0.717, 1.165) is 25.4 Å². The number of benzene rings is 1. The largest absolute Gasteiger partial charge is 0.493 e. The molecule has 0 amide bonds. The first-order valence-corrected chi connectivity index (χ1v) is 8.43. The van der Waals surface area contributed by atoms with Crippen LogP contribution in [-0.2, 0) is 0 Å². The molecule has 2 heteroatoms. The molecule has 0 bridgehead atoms. The summed E-state index contributed by atoms with van der Waals surface area (Å²) in [5.74, 6) is 2.63. The Morgan fingerprint density at radius 3 is 2.05 bits per heavy atom. The van der Waals surface area contributed by atoms with Gasteiger partial charge in [0.25, 0.3) is 0 Å². The molecule has 1 unspecified atom stereocenters. The topological polar surface area (TPSA) is 21.3 Å². The predicted octanol–water partition coefficient (Wildman–Crippen LogP) is 4.95. The van der Waals surface area contributed by atoms with Crippen molar-refractivity contribution in [1.29, 1.82) is 0 Å². The van der Waals surface area contributed by atoms with E-state index in [-0.39, 0.29) is 0 Å². The molecular formula is C19H33NO. The van der Waals surface area contributed by atoms with E-state index in [9.17, 15) is 0 Å². The van der Waals surface area contributed by atoms with Crippen LogP contribution < -0.4 is 10.1 Å². The fraction of sp³-hybridized carbons (Fsp3) is 0.684. The summed E-state index contributed by atoms with van der Waals surface area (Å²) >= 11 is 0. The lowest BCUT2D eigenvalue weighted by molar-refractivity contribution is 0.250. The summed E-state index contributed by atoms with van der Waals surface area (Å²) in [7, 11) is 0. The second-order valence-electron chi connectivity index (χ2n) is 6.70. The second-order valence-corrected chi connectivity index (χ2v) is 6.70. The summed E-state index contributed by atoms with van der Waals surface area (Å²) in [6, 6.07) is 6.56. The first kappa shape index (κ1) is 18.0. The summed E-state index contributed by atoms with van der Waals surface area (Å²) in [6.07, 6.45) is 1.18. The standard InChI is InChI=1S/C19H33NO/c1-7-11-20-12-16(6)13-21-19-17(14(2)3)9-8-10-18(19)15(4)5/h8-10,14-16,20H,7,11-13H2,1-6H3. The Labute approximate surface area is 131 Å². The number of hydrogen-bond acceptors (Lipinski definition) is 2. The molecule has 1 atom stereocenters. The molecule has 0 radical (unpaired) electrons. The van der Waals surface area contributed by atoms with Crippen LogP contribution in [-0.4, -0.2) is 19.7 Å². The van der Waals surface area contributed by atoms with Crippen molar-refractivity contribution in [3.63, 3.8) is 0 Å². The molecule has 120 valence electrons. The third-order valence-electron chi connectivity index (χ3n) is 3.75. The molecule has 0 aliphatic carbocycles. The van der Waals surface area contributed by atoms with E-state index in [1.807, 2.05) is 0 Å². The van der Waals surface area contributed by atoms with Gasteiger partial charge in [0.15, 0.2) is 0 Å². The van der Waals surface area contributed by atoms with Gasteiger partial charge in [-0.15, -0.1) is 0 Å². The average molecular weight is 291 g/mol. The lowest BCUT2D eigenvalue weighted by Crippen LogP contribution is -2.26. The number of para-hydroxylation sites is 1. The van der Waals surface area contributed by atoms with Crippen molar-refractivity contribution in [2.24, 2.45) is 5.92 Å². The lowest BCUT2D eigenvalue weighted by atomic mass is 9.94. The molecule has 21 heavy (non-hydrogen) atoms. The van der Waals surface area contributed by atoms with Gasteiger partial charge < -0.3 is 10.1 Å². The summed E-state index contributed by atoms with van der Waals surface area (Å²) in [5.41, 5.74) is 2.66. The van der Waals surface area contributed by atoms with Crippen molar-refractivity contribution >= 4 is 0 Å². The Hall–Kier alpha value is -1.02. The van der Waals surface area contributed by atoms with Gasteiger partial charge in [-0.25, -0.2) is 0 Å². The van der Waals surface area contributed by atoms with Crippen LogP contribution in [0.25, 0.3) is 0 Å². The van der Waals surface area contributed by atoms with Crippen LogP contribution in [0.2, 0.25) is 0 Å². The van der Waals surface area contributed by atoms with Gasteiger partial charge >= 0.3 is 0 Å². The highest BCUT2D eigenvalue weighted by Gasteiger charge is 2.15. The smallest absolute Gasteiger partial charge is 0.126 e. The molecule has 0 spiro atoms. The van der Waals surface area contributed by atoms with Crippen molar-refractivity contribution in [2.75, 3.05) is 19.7 Å². The van der Waals surface area contributed by atoms with E-state index >= 15 is 0 Å². The Bertz CT molecular complexity index is 386. The molecule has 0 aromatic heterocycles. The van der Waals surface area contributed by atoms with Gasteiger partial charge in [0, 0.05) is 12.5 Å². The maximum Gasteiger partial charge on any atom is 0.126 e. The van der Waals surface area contributed by atoms with Gasteiger partial charge in [0.05, 0.1) is 6.61 Å². The van der Waals surface area contributed by atoms with Crippen molar-refractivity contribution < 1.29 is 4.74 Å². The fourth-order valence-corrected chi connectivity index (χ4v) is 2.46. The minimum Gasteiger partial charge on any atom is -0.493 e. The molecule has 0 aliphatic heterocycles. The minimum atomic E-state index is 0.493. The van der Waals surface area contributed by atoms with Crippen molar-refractivity contribution in [1.82, 2.24) is 5.32 Å². The molecule has 0 saturated carbocycles. The summed E-state index contributed by atoms with van der Waals surface area (Å²) in [5, 5.41) is 3.47. The number of ether oxygens (including phenoxy) is 1. The van der Waals surface area contributed by atoms with Gasteiger partial charge in [0.1, 0.15) is 5.75 Å². The third-order valence-corrected chi connectivity index (χ3v) is 3.75. The highest BCUT2D eigenvalue weighted by Crippen LogP contribution is 2.34. The van der Waals surface area contributed by atoms with Crippen LogP contribution in [0.5, 0.6) is 5.75 Å². The van der Waals surface area contributed by atoms with Crippen molar-refractivity contribution in [3.8, 4) is 5.75 Å². The van der Waals surface area contributed by atoms with E-state index in [0.29, 0.717) is 17.8 Å². The predicted molar refractivity (Wildman–Crippen MR) is 92.4 cm³/mol. The second kappa shape index (κ2) is 9.09. The van der Waals surface area contributed by atoms with Gasteiger partial charge in [-0.2, -0.15) is 0 Å². The summed E-state index contributed by atoms with van der Waals surface area (Å²) in [6.45, 7) is 16.3. The first-order chi connectivity index (χ1) is 9.97. The monoisotopic (exact) mass is 291 g/mol. The fourth-order valence-electron chi connectivity index (χ4n) is 2.46. The maximum atomic E-state index is 6.24. The highest BCUT2D eigenvalue weighted by molar-refractivity contribution is 5.44. The highest BCUT2D eigenvalue weighted by atomic mass is 16.5. The normalized spacial score (nSPS) is 13.0. The van der Waals surface area contributed by atoms with E-state index < -0.39 is 0 Å². The number of nitrogens with one attached hydrogen (secondary N) is 1. The maximum absolute atomic E-state index is 6.24. The van der Waals surface area contributed by atoms with Crippen LogP contribution in [0, 0.1) is 5.92 Å². The summed E-state index contributed by atoms with van der Waals surface area (Å²) < 4.78 is 6.24. The lowest BCUT2D eigenvalue weighted by Gasteiger charge is -2.22. The number of rotatable bonds is 9. The molecule has 1 aromatic carbocycles. The minimum absolute atomic E-state index is 0.493. The van der Waals surface area contributed by atoms with Gasteiger partial charge in [0.2, 0.25) is 0 Å². The van der Waals surface area contributed by atoms with Crippen molar-refractivity contribution in [2.45, 2.75) is 59.8 Å². The molecule has 0 fully saturated rings. The van der Waals surface area contributed by atoms with Crippen LogP contribution in [0.15, 0.2) is 18.2 Å². The molecule has 1 rings (SSSR count). The molecule has 1 N–H and O–H groups in total. The Balaban J connectivity index is 2.76. The van der Waals surface area contributed by atoms with Gasteiger partial charge in [-0.1, -0.05) is 59.7 Å². The van der Waals surface area contributed by atoms with E-state index in [1.54, 1.807) is 0 Å². The van der Waals surface area contributed by atoms with Gasteiger partial charge in [-0.3, -0.25) is 0 Å². The van der Waals surface area contributed by atoms with E-state index in [1.165, 1.54) is 17.5 Å². The van der Waals surface area contributed by atoms with Crippen molar-refractivity contribution in [3.05, 3.63) is 29.3 Å². The van der Waals surface area contributed by atoms with Crippen LogP contribution >= 0.6 is 0 Å². The molecule has 2 nitrogen and oxygen atoms in total. The number of hydrogen-bond donors (Lipinski definition) is 1. The van der Waals surface area contributed by atoms with Crippen LogP contribution in [0.4, 0.5) is 0 Å². The zero-order valence-electron chi connectivity index (χ0n) is 14.7. The average Bonchev–Trinajstić information content (AvgIpc) is 2.44. The Morgan fingerprint density at radius 1 is 1.00 bits per heavy atom. The molecule has 0 saturated heterocycles. The van der Waals surface area contributed by atoms with Gasteiger partial charge in [-0.05, 0) is 35.9 Å². The quantitative estimate of drug-likeness (QED) is 0.650. The SMILES string of the molecule is CCCNCC(C)COc1c(C(C)C)cccc1C(C)C. The van der Waals surface area contributed by atoms with Crippen LogP contribution in [0.1, 0.15) is 70.9 Å². The first-order valence-electron chi connectivity index (χ1n) is 8.43. The summed E-state index contributed by atoms with van der Waals surface area (Å²) in [4.78, 5) is 0. The third kappa shape index (κ3) is 5.70.